The van der Waals surface area contributed by atoms with Crippen LogP contribution in [0, 0.1) is 0 Å². The highest BCUT2D eigenvalue weighted by Crippen LogP contribution is 2.36. The van der Waals surface area contributed by atoms with Gasteiger partial charge in [0.1, 0.15) is 0 Å². The molecule has 0 saturated carbocycles. The number of morpholine rings is 1. The van der Waals surface area contributed by atoms with Crippen LogP contribution in [-0.4, -0.2) is 61.3 Å². The van der Waals surface area contributed by atoms with E-state index in [9.17, 15) is 0 Å². The van der Waals surface area contributed by atoms with Crippen LogP contribution in [0.5, 0.6) is 0 Å². The number of thioether (sulfide) groups is 1. The van der Waals surface area contributed by atoms with E-state index in [0.717, 1.165) is 32.8 Å². The fourth-order valence-electron chi connectivity index (χ4n) is 2.58. The van der Waals surface area contributed by atoms with Crippen LogP contribution in [0.15, 0.2) is 0 Å². The van der Waals surface area contributed by atoms with E-state index < -0.39 is 0 Å². The Bertz CT molecular complexity index is 213. The number of hydrogen-bond acceptors (Lipinski definition) is 4. The molecule has 1 N–H and O–H groups in total. The molecule has 0 amide bonds. The summed E-state index contributed by atoms with van der Waals surface area (Å²) in [7, 11) is 0. The summed E-state index contributed by atoms with van der Waals surface area (Å²) < 4.78 is 5.86. The monoisotopic (exact) mass is 258 g/mol. The minimum Gasteiger partial charge on any atom is -0.379 e. The highest BCUT2D eigenvalue weighted by Gasteiger charge is 2.28. The molecule has 100 valence electrons. The first-order valence-electron chi connectivity index (χ1n) is 6.93. The zero-order chi connectivity index (χ0) is 12.0. The molecule has 1 atom stereocenters. The number of hydrogen-bond donors (Lipinski definition) is 1. The molecule has 2 saturated heterocycles. The number of nitrogens with one attached hydrogen (secondary N) is 1. The van der Waals surface area contributed by atoms with Crippen LogP contribution in [0.4, 0.5) is 0 Å². The molecule has 2 aliphatic rings. The minimum atomic E-state index is 0.513. The first kappa shape index (κ1) is 13.7. The number of nitrogens with zero attached hydrogens (tertiary/aromatic N) is 1. The summed E-state index contributed by atoms with van der Waals surface area (Å²) in [4.78, 5) is 2.51. The Labute approximate surface area is 110 Å². The zero-order valence-electron chi connectivity index (χ0n) is 11.0. The Morgan fingerprint density at radius 2 is 2.18 bits per heavy atom. The van der Waals surface area contributed by atoms with Gasteiger partial charge in [0.05, 0.1) is 13.2 Å². The van der Waals surface area contributed by atoms with E-state index in [-0.39, 0.29) is 0 Å². The van der Waals surface area contributed by atoms with Crippen molar-refractivity contribution in [1.29, 1.82) is 0 Å². The van der Waals surface area contributed by atoms with Gasteiger partial charge in [-0.15, -0.1) is 0 Å². The average molecular weight is 258 g/mol. The van der Waals surface area contributed by atoms with Gasteiger partial charge in [-0.1, -0.05) is 0 Å². The third-order valence-electron chi connectivity index (χ3n) is 3.73. The topological polar surface area (TPSA) is 24.5 Å². The first-order valence-corrected chi connectivity index (χ1v) is 7.92. The van der Waals surface area contributed by atoms with Crippen LogP contribution in [0.25, 0.3) is 0 Å². The summed E-state index contributed by atoms with van der Waals surface area (Å²) in [5.74, 6) is 1.35. The molecule has 2 rings (SSSR count). The van der Waals surface area contributed by atoms with Crippen LogP contribution in [-0.2, 0) is 4.74 Å². The third kappa shape index (κ3) is 4.78. The van der Waals surface area contributed by atoms with Crippen LogP contribution < -0.4 is 5.32 Å². The van der Waals surface area contributed by atoms with Gasteiger partial charge in [0.2, 0.25) is 0 Å². The van der Waals surface area contributed by atoms with E-state index in [1.165, 1.54) is 38.1 Å². The Hall–Kier alpha value is 0.230. The van der Waals surface area contributed by atoms with Gasteiger partial charge in [-0.05, 0) is 45.0 Å². The predicted octanol–water partition coefficient (Wildman–Crippen LogP) is 1.58. The molecule has 0 bridgehead atoms. The van der Waals surface area contributed by atoms with Crippen molar-refractivity contribution in [2.45, 2.75) is 30.9 Å². The maximum Gasteiger partial charge on any atom is 0.0594 e. The molecule has 2 fully saturated rings. The van der Waals surface area contributed by atoms with E-state index in [2.05, 4.69) is 28.9 Å². The van der Waals surface area contributed by atoms with Gasteiger partial charge in [-0.2, -0.15) is 11.8 Å². The standard InChI is InChI=1S/C13H26N2OS/c1-13(4-2-11-17-13)12-14-5-3-6-15-7-9-16-10-8-15/h14H,2-12H2,1H3. The molecule has 2 aliphatic heterocycles. The highest BCUT2D eigenvalue weighted by atomic mass is 32.2. The van der Waals surface area contributed by atoms with Crippen molar-refractivity contribution in [3.8, 4) is 0 Å². The molecule has 0 aromatic carbocycles. The van der Waals surface area contributed by atoms with Crippen molar-refractivity contribution in [3.05, 3.63) is 0 Å². The van der Waals surface area contributed by atoms with Crippen molar-refractivity contribution in [3.63, 3.8) is 0 Å². The van der Waals surface area contributed by atoms with Crippen LogP contribution in [0.1, 0.15) is 26.2 Å². The normalized spacial score (nSPS) is 30.9. The third-order valence-corrected chi connectivity index (χ3v) is 5.27. The Morgan fingerprint density at radius 1 is 1.35 bits per heavy atom. The Balaban J connectivity index is 1.48. The summed E-state index contributed by atoms with van der Waals surface area (Å²) >= 11 is 2.14. The molecule has 2 heterocycles. The summed E-state index contributed by atoms with van der Waals surface area (Å²) in [5, 5.41) is 3.63. The van der Waals surface area contributed by atoms with Gasteiger partial charge in [0.25, 0.3) is 0 Å². The summed E-state index contributed by atoms with van der Waals surface area (Å²) in [5.41, 5.74) is 0. The molecule has 3 nitrogen and oxygen atoms in total. The van der Waals surface area contributed by atoms with Gasteiger partial charge >= 0.3 is 0 Å². The Morgan fingerprint density at radius 3 is 2.88 bits per heavy atom. The summed E-state index contributed by atoms with van der Waals surface area (Å²) in [6.07, 6.45) is 4.05. The summed E-state index contributed by atoms with van der Waals surface area (Å²) in [6, 6.07) is 0. The molecule has 0 aromatic rings. The van der Waals surface area contributed by atoms with Gasteiger partial charge in [-0.25, -0.2) is 0 Å². The average Bonchev–Trinajstić information content (AvgIpc) is 2.77. The molecule has 0 aliphatic carbocycles. The lowest BCUT2D eigenvalue weighted by atomic mass is 10.1. The highest BCUT2D eigenvalue weighted by molar-refractivity contribution is 8.00. The van der Waals surface area contributed by atoms with E-state index >= 15 is 0 Å². The van der Waals surface area contributed by atoms with Crippen molar-refractivity contribution < 1.29 is 4.74 Å². The van der Waals surface area contributed by atoms with Gasteiger partial charge < -0.3 is 10.1 Å². The maximum atomic E-state index is 5.35. The molecule has 0 radical (unpaired) electrons. The van der Waals surface area contributed by atoms with Crippen molar-refractivity contribution in [2.24, 2.45) is 0 Å². The largest absolute Gasteiger partial charge is 0.379 e. The zero-order valence-corrected chi connectivity index (χ0v) is 11.9. The van der Waals surface area contributed by atoms with E-state index in [1.807, 2.05) is 0 Å². The predicted molar refractivity (Wildman–Crippen MR) is 74.8 cm³/mol. The first-order chi connectivity index (χ1) is 8.29. The van der Waals surface area contributed by atoms with E-state index in [1.54, 1.807) is 0 Å². The lowest BCUT2D eigenvalue weighted by Gasteiger charge is -2.27. The van der Waals surface area contributed by atoms with Crippen LogP contribution in [0.3, 0.4) is 0 Å². The van der Waals surface area contributed by atoms with Crippen molar-refractivity contribution >= 4 is 11.8 Å². The smallest absolute Gasteiger partial charge is 0.0594 e. The lowest BCUT2D eigenvalue weighted by molar-refractivity contribution is 0.0374. The second kappa shape index (κ2) is 6.98. The van der Waals surface area contributed by atoms with Gasteiger partial charge in [0, 0.05) is 24.4 Å². The van der Waals surface area contributed by atoms with E-state index in [4.69, 9.17) is 4.74 Å². The SMILES string of the molecule is CC1(CNCCCN2CCOCC2)CCCS1. The fourth-order valence-corrected chi connectivity index (χ4v) is 3.86. The van der Waals surface area contributed by atoms with Gasteiger partial charge in [-0.3, -0.25) is 4.90 Å². The van der Waals surface area contributed by atoms with Gasteiger partial charge in [0.15, 0.2) is 0 Å². The number of rotatable bonds is 6. The molecular weight excluding hydrogens is 232 g/mol. The molecular formula is C13H26N2OS. The molecule has 17 heavy (non-hydrogen) atoms. The number of ether oxygens (including phenoxy) is 1. The van der Waals surface area contributed by atoms with E-state index in [0.29, 0.717) is 4.75 Å². The van der Waals surface area contributed by atoms with Crippen molar-refractivity contribution in [2.75, 3.05) is 51.7 Å². The molecule has 0 aromatic heterocycles. The second-order valence-electron chi connectivity index (χ2n) is 5.39. The molecule has 1 unspecified atom stereocenters. The quantitative estimate of drug-likeness (QED) is 0.731. The Kier molecular flexibility index (Phi) is 5.60. The van der Waals surface area contributed by atoms with Crippen molar-refractivity contribution in [1.82, 2.24) is 10.2 Å². The fraction of sp³-hybridized carbons (Fsp3) is 1.00. The molecule has 4 heteroatoms. The summed E-state index contributed by atoms with van der Waals surface area (Å²) in [6.45, 7) is 10.0. The second-order valence-corrected chi connectivity index (χ2v) is 7.07. The lowest BCUT2D eigenvalue weighted by Crippen LogP contribution is -2.39. The van der Waals surface area contributed by atoms with Crippen LogP contribution >= 0.6 is 11.8 Å². The van der Waals surface area contributed by atoms with Crippen LogP contribution in [0.2, 0.25) is 0 Å². The maximum absolute atomic E-state index is 5.35. The molecule has 0 spiro atoms. The minimum absolute atomic E-state index is 0.513.